The summed E-state index contributed by atoms with van der Waals surface area (Å²) in [7, 11) is 0. The summed E-state index contributed by atoms with van der Waals surface area (Å²) in [6.07, 6.45) is 3.09. The number of carbonyl (C=O) groups excluding carboxylic acids is 1. The summed E-state index contributed by atoms with van der Waals surface area (Å²) in [5.41, 5.74) is 1.41. The van der Waals surface area contributed by atoms with Gasteiger partial charge in [-0.2, -0.15) is 0 Å². The van der Waals surface area contributed by atoms with Crippen molar-refractivity contribution in [3.63, 3.8) is 0 Å². The normalized spacial score (nSPS) is 17.9. The summed E-state index contributed by atoms with van der Waals surface area (Å²) in [6.45, 7) is 6.05. The van der Waals surface area contributed by atoms with Gasteiger partial charge in [0.25, 0.3) is 5.91 Å². The van der Waals surface area contributed by atoms with Crippen LogP contribution in [0.25, 0.3) is 0 Å². The Morgan fingerprint density at radius 1 is 1.55 bits per heavy atom. The van der Waals surface area contributed by atoms with Gasteiger partial charge in [0.15, 0.2) is 0 Å². The molecule has 1 amide bonds. The molecule has 0 spiro atoms. The molecule has 5 nitrogen and oxygen atoms in total. The molecule has 2 heterocycles. The highest BCUT2D eigenvalue weighted by molar-refractivity contribution is 5.93. The van der Waals surface area contributed by atoms with Crippen LogP contribution >= 0.6 is 0 Å². The van der Waals surface area contributed by atoms with Gasteiger partial charge in [-0.15, -0.1) is 0 Å². The van der Waals surface area contributed by atoms with Crippen LogP contribution < -0.4 is 5.32 Å². The molecule has 1 aromatic rings. The minimum atomic E-state index is -0.289. The van der Waals surface area contributed by atoms with Gasteiger partial charge >= 0.3 is 0 Å². The number of pyridine rings is 1. The molecule has 1 aliphatic rings. The third-order valence-corrected chi connectivity index (χ3v) is 3.87. The molecule has 2 N–H and O–H groups in total. The lowest BCUT2D eigenvalue weighted by molar-refractivity contribution is 0.0517. The Labute approximate surface area is 120 Å². The number of hydrogen-bond donors (Lipinski definition) is 2. The van der Waals surface area contributed by atoms with E-state index in [1.807, 2.05) is 24.8 Å². The summed E-state index contributed by atoms with van der Waals surface area (Å²) in [5.74, 6) is 0.286. The third kappa shape index (κ3) is 3.48. The second kappa shape index (κ2) is 6.70. The molecular formula is C15H23N3O2. The van der Waals surface area contributed by atoms with E-state index in [1.165, 1.54) is 0 Å². The quantitative estimate of drug-likeness (QED) is 0.880. The number of hydrogen-bond acceptors (Lipinski definition) is 4. The first-order valence-electron chi connectivity index (χ1n) is 7.29. The van der Waals surface area contributed by atoms with Crippen LogP contribution in [-0.2, 0) is 0 Å². The maximum absolute atomic E-state index is 12.4. The zero-order valence-corrected chi connectivity index (χ0v) is 12.2. The van der Waals surface area contributed by atoms with Gasteiger partial charge in [-0.3, -0.25) is 9.78 Å². The maximum atomic E-state index is 12.4. The van der Waals surface area contributed by atoms with Crippen molar-refractivity contribution in [3.05, 3.63) is 24.0 Å². The molecule has 5 heteroatoms. The number of likely N-dealkylation sites (tertiary alicyclic amines) is 1. The number of amides is 1. The predicted octanol–water partition coefficient (Wildman–Crippen LogP) is 1.75. The number of rotatable bonds is 4. The molecular weight excluding hydrogens is 254 g/mol. The highest BCUT2D eigenvalue weighted by Crippen LogP contribution is 2.22. The number of piperidine rings is 1. The smallest absolute Gasteiger partial charge is 0.272 e. The minimum Gasteiger partial charge on any atom is -0.393 e. The highest BCUT2D eigenvalue weighted by Gasteiger charge is 2.26. The topological polar surface area (TPSA) is 65.5 Å². The number of nitrogens with one attached hydrogen (secondary N) is 1. The molecule has 1 saturated heterocycles. The monoisotopic (exact) mass is 277 g/mol. The molecule has 110 valence electrons. The van der Waals surface area contributed by atoms with E-state index in [0.29, 0.717) is 24.7 Å². The first-order chi connectivity index (χ1) is 9.61. The third-order valence-electron chi connectivity index (χ3n) is 3.87. The van der Waals surface area contributed by atoms with E-state index in [1.54, 1.807) is 12.3 Å². The van der Waals surface area contributed by atoms with Crippen molar-refractivity contribution in [2.45, 2.75) is 32.8 Å². The summed E-state index contributed by atoms with van der Waals surface area (Å²) in [4.78, 5) is 18.4. The molecule has 1 unspecified atom stereocenters. The first kappa shape index (κ1) is 14.8. The number of aromatic nitrogens is 1. The Bertz CT molecular complexity index is 454. The number of aliphatic hydroxyl groups excluding tert-OH is 1. The van der Waals surface area contributed by atoms with Crippen LogP contribution in [0.5, 0.6) is 0 Å². The second-order valence-electron chi connectivity index (χ2n) is 5.33. The second-order valence-corrected chi connectivity index (χ2v) is 5.33. The largest absolute Gasteiger partial charge is 0.393 e. The maximum Gasteiger partial charge on any atom is 0.272 e. The van der Waals surface area contributed by atoms with Gasteiger partial charge in [0.2, 0.25) is 0 Å². The molecule has 1 aromatic heterocycles. The average molecular weight is 277 g/mol. The zero-order chi connectivity index (χ0) is 14.5. The zero-order valence-electron chi connectivity index (χ0n) is 12.2. The van der Waals surface area contributed by atoms with Crippen LogP contribution in [0.2, 0.25) is 0 Å². The molecule has 1 aliphatic heterocycles. The number of anilines is 1. The lowest BCUT2D eigenvalue weighted by Gasteiger charge is -2.33. The van der Waals surface area contributed by atoms with Crippen molar-refractivity contribution in [2.75, 3.05) is 25.0 Å². The van der Waals surface area contributed by atoms with Crippen molar-refractivity contribution in [3.8, 4) is 0 Å². The van der Waals surface area contributed by atoms with E-state index >= 15 is 0 Å². The Morgan fingerprint density at radius 2 is 2.25 bits per heavy atom. The standard InChI is InChI=1S/C15H23N3O2/c1-3-16-13-4-7-17-14(10-13)15(20)18-8-5-12(6-9-18)11(2)19/h4,7,10-12,19H,3,5-6,8-9H2,1-2H3,(H,16,17). The SMILES string of the molecule is CCNc1ccnc(C(=O)N2CCC(C(C)O)CC2)c1. The van der Waals surface area contributed by atoms with Gasteiger partial charge < -0.3 is 15.3 Å². The van der Waals surface area contributed by atoms with E-state index in [-0.39, 0.29) is 12.0 Å². The van der Waals surface area contributed by atoms with Crippen molar-refractivity contribution in [1.29, 1.82) is 0 Å². The summed E-state index contributed by atoms with van der Waals surface area (Å²) in [5, 5.41) is 12.8. The first-order valence-corrected chi connectivity index (χ1v) is 7.29. The molecule has 20 heavy (non-hydrogen) atoms. The van der Waals surface area contributed by atoms with E-state index < -0.39 is 0 Å². The van der Waals surface area contributed by atoms with Crippen LogP contribution in [-0.4, -0.2) is 46.6 Å². The fraction of sp³-hybridized carbons (Fsp3) is 0.600. The van der Waals surface area contributed by atoms with Gasteiger partial charge in [-0.25, -0.2) is 0 Å². The lowest BCUT2D eigenvalue weighted by Crippen LogP contribution is -2.41. The fourth-order valence-electron chi connectivity index (χ4n) is 2.61. The minimum absolute atomic E-state index is 0.0196. The summed E-state index contributed by atoms with van der Waals surface area (Å²) < 4.78 is 0. The average Bonchev–Trinajstić information content (AvgIpc) is 2.47. The molecule has 0 saturated carbocycles. The van der Waals surface area contributed by atoms with Crippen molar-refractivity contribution in [1.82, 2.24) is 9.88 Å². The summed E-state index contributed by atoms with van der Waals surface area (Å²) in [6, 6.07) is 3.66. The van der Waals surface area contributed by atoms with E-state index in [4.69, 9.17) is 0 Å². The van der Waals surface area contributed by atoms with Gasteiger partial charge in [-0.05, 0) is 44.7 Å². The molecule has 0 aromatic carbocycles. The Morgan fingerprint density at radius 3 is 2.85 bits per heavy atom. The van der Waals surface area contributed by atoms with Crippen LogP contribution in [0.3, 0.4) is 0 Å². The van der Waals surface area contributed by atoms with E-state index in [0.717, 1.165) is 25.1 Å². The molecule has 0 bridgehead atoms. The lowest BCUT2D eigenvalue weighted by atomic mass is 9.92. The van der Waals surface area contributed by atoms with Crippen molar-refractivity contribution >= 4 is 11.6 Å². The van der Waals surface area contributed by atoms with E-state index in [2.05, 4.69) is 10.3 Å². The predicted molar refractivity (Wildman–Crippen MR) is 78.7 cm³/mol. The molecule has 0 aliphatic carbocycles. The van der Waals surface area contributed by atoms with Crippen molar-refractivity contribution < 1.29 is 9.90 Å². The summed E-state index contributed by atoms with van der Waals surface area (Å²) >= 11 is 0. The Kier molecular flexibility index (Phi) is 4.95. The van der Waals surface area contributed by atoms with Gasteiger partial charge in [0, 0.05) is 31.5 Å². The molecule has 1 fully saturated rings. The highest BCUT2D eigenvalue weighted by atomic mass is 16.3. The van der Waals surface area contributed by atoms with Crippen LogP contribution in [0.1, 0.15) is 37.2 Å². The number of aliphatic hydroxyl groups is 1. The van der Waals surface area contributed by atoms with Gasteiger partial charge in [-0.1, -0.05) is 0 Å². The van der Waals surface area contributed by atoms with Crippen LogP contribution in [0, 0.1) is 5.92 Å². The van der Waals surface area contributed by atoms with Crippen molar-refractivity contribution in [2.24, 2.45) is 5.92 Å². The van der Waals surface area contributed by atoms with Crippen LogP contribution in [0.15, 0.2) is 18.3 Å². The molecule has 2 rings (SSSR count). The fourth-order valence-corrected chi connectivity index (χ4v) is 2.61. The van der Waals surface area contributed by atoms with Crippen LogP contribution in [0.4, 0.5) is 5.69 Å². The van der Waals surface area contributed by atoms with Gasteiger partial charge in [0.05, 0.1) is 6.10 Å². The molecule has 1 atom stereocenters. The van der Waals surface area contributed by atoms with E-state index in [9.17, 15) is 9.90 Å². The molecule has 0 radical (unpaired) electrons. The Balaban J connectivity index is 2.00. The van der Waals surface area contributed by atoms with Gasteiger partial charge in [0.1, 0.15) is 5.69 Å². The Hall–Kier alpha value is -1.62. The number of carbonyl (C=O) groups is 1. The number of nitrogens with zero attached hydrogens (tertiary/aromatic N) is 2.